The molecule has 0 saturated heterocycles. The number of rotatable bonds is 0. The normalized spacial score (nSPS) is 4.50. The number of hydrogen-bond donors (Lipinski definition) is 1. The van der Waals surface area contributed by atoms with Crippen molar-refractivity contribution in [2.24, 2.45) is 0 Å². The van der Waals surface area contributed by atoms with Crippen LogP contribution >= 0.6 is 0 Å². The molecule has 0 saturated carbocycles. The Morgan fingerprint density at radius 1 is 1.75 bits per heavy atom. The van der Waals surface area contributed by atoms with Gasteiger partial charge in [0.15, 0.2) is 0 Å². The van der Waals surface area contributed by atoms with Gasteiger partial charge < -0.3 is 4.66 Å². The van der Waals surface area contributed by atoms with Gasteiger partial charge in [-0.05, 0) is 0 Å². The standard InChI is InChI=1S/Ag.ClHO2/c;2-1-3/h;2H. The molecule has 0 aromatic carbocycles. The quantitative estimate of drug-likeness (QED) is 0.445. The predicted octanol–water partition coefficient (Wildman–Crippen LogP) is -1.75. The molecule has 0 bridgehead atoms. The van der Waals surface area contributed by atoms with Crippen LogP contribution in [0.1, 0.15) is 0 Å². The Morgan fingerprint density at radius 3 is 1.75 bits per heavy atom. The fourth-order valence-corrected chi connectivity index (χ4v) is 0. The van der Waals surface area contributed by atoms with Crippen molar-refractivity contribution in [2.45, 2.75) is 0 Å². The van der Waals surface area contributed by atoms with Gasteiger partial charge in [-0.25, -0.2) is 0 Å². The zero-order valence-electron chi connectivity index (χ0n) is 1.53. The Kier molecular flexibility index (Phi) is 20.1. The van der Waals surface area contributed by atoms with E-state index in [4.69, 9.17) is 9.32 Å². The van der Waals surface area contributed by atoms with E-state index in [1.54, 1.807) is 0 Å². The zero-order chi connectivity index (χ0) is 2.71. The molecule has 0 amide bonds. The van der Waals surface area contributed by atoms with Crippen LogP contribution in [0.3, 0.4) is 0 Å². The van der Waals surface area contributed by atoms with E-state index in [1.165, 1.54) is 0 Å². The fourth-order valence-electron chi connectivity index (χ4n) is 0. The molecular formula is HAgClO2. The SMILES string of the molecule is [Ag].[O-][Cl+]O. The van der Waals surface area contributed by atoms with E-state index in [0.717, 1.165) is 0 Å². The monoisotopic (exact) mass is 175 g/mol. The van der Waals surface area contributed by atoms with E-state index < -0.39 is 0 Å². The van der Waals surface area contributed by atoms with Crippen LogP contribution in [0, 0.1) is 11.3 Å². The molecule has 0 aromatic rings. The molecule has 31 valence electrons. The van der Waals surface area contributed by atoms with Crippen LogP contribution in [0.15, 0.2) is 0 Å². The maximum Gasteiger partial charge on any atom is 0.327 e. The molecule has 4 heavy (non-hydrogen) atoms. The Balaban J connectivity index is 0. The van der Waals surface area contributed by atoms with Crippen LogP contribution in [0.2, 0.25) is 0 Å². The van der Waals surface area contributed by atoms with Crippen LogP contribution < -0.4 is 4.66 Å². The van der Waals surface area contributed by atoms with E-state index in [1.807, 2.05) is 0 Å². The third kappa shape index (κ3) is 12.4. The van der Waals surface area contributed by atoms with Crippen LogP contribution in [-0.4, -0.2) is 4.66 Å². The van der Waals surface area contributed by atoms with Crippen molar-refractivity contribution in [3.63, 3.8) is 0 Å². The van der Waals surface area contributed by atoms with Gasteiger partial charge in [0.25, 0.3) is 0 Å². The zero-order valence-corrected chi connectivity index (χ0v) is 3.77. The molecule has 0 atom stereocenters. The van der Waals surface area contributed by atoms with Crippen molar-refractivity contribution in [1.82, 2.24) is 0 Å². The molecule has 2 nitrogen and oxygen atoms in total. The molecule has 0 spiro atoms. The van der Waals surface area contributed by atoms with Crippen molar-refractivity contribution in [3.05, 3.63) is 0 Å². The van der Waals surface area contributed by atoms with E-state index in [9.17, 15) is 0 Å². The van der Waals surface area contributed by atoms with E-state index >= 15 is 0 Å². The maximum absolute atomic E-state index is 8.35. The molecule has 0 aliphatic carbocycles. The van der Waals surface area contributed by atoms with Gasteiger partial charge in [0.05, 0.1) is 0 Å². The van der Waals surface area contributed by atoms with Gasteiger partial charge in [0, 0.05) is 22.4 Å². The van der Waals surface area contributed by atoms with Gasteiger partial charge in [-0.2, -0.15) is 0 Å². The summed E-state index contributed by atoms with van der Waals surface area (Å²) in [4.78, 5) is 0. The topological polar surface area (TPSA) is 43.3 Å². The van der Waals surface area contributed by atoms with Crippen molar-refractivity contribution in [2.75, 3.05) is 0 Å². The van der Waals surface area contributed by atoms with E-state index in [-0.39, 0.29) is 33.7 Å². The first-order valence-electron chi connectivity index (χ1n) is 0.323. The summed E-state index contributed by atoms with van der Waals surface area (Å²) in [6, 6.07) is 0. The molecule has 0 aromatic heterocycles. The molecule has 0 unspecified atom stereocenters. The second kappa shape index (κ2) is 9.04. The third-order valence-corrected chi connectivity index (χ3v) is 0. The van der Waals surface area contributed by atoms with Gasteiger partial charge in [0.1, 0.15) is 0 Å². The number of halogens is 1. The predicted molar refractivity (Wildman–Crippen MR) is 2.22 cm³/mol. The minimum Gasteiger partial charge on any atom is -0.506 e. The summed E-state index contributed by atoms with van der Waals surface area (Å²) in [6.07, 6.45) is 0. The van der Waals surface area contributed by atoms with Gasteiger partial charge in [0.2, 0.25) is 0 Å². The molecule has 0 aliphatic heterocycles. The Bertz CT molecular complexity index is 6.00. The Morgan fingerprint density at radius 2 is 1.75 bits per heavy atom. The third-order valence-electron chi connectivity index (χ3n) is 0. The van der Waals surface area contributed by atoms with Gasteiger partial charge in [-0.1, -0.05) is 0 Å². The Labute approximate surface area is 43.4 Å². The molecular weight excluding hydrogens is 175 g/mol. The summed E-state index contributed by atoms with van der Waals surface area (Å²) < 4.78 is 15.2. The minimum absolute atomic E-state index is 0. The largest absolute Gasteiger partial charge is 0.506 e. The second-order valence-electron chi connectivity index (χ2n) is 0.0690. The van der Waals surface area contributed by atoms with Crippen LogP contribution in [0.25, 0.3) is 0 Å². The molecule has 1 radical (unpaired) electrons. The smallest absolute Gasteiger partial charge is 0.327 e. The van der Waals surface area contributed by atoms with Crippen molar-refractivity contribution < 1.29 is 43.0 Å². The first-order chi connectivity index (χ1) is 1.41. The summed E-state index contributed by atoms with van der Waals surface area (Å²) in [5, 5.41) is 0. The van der Waals surface area contributed by atoms with Crippen molar-refractivity contribution >= 4 is 0 Å². The van der Waals surface area contributed by atoms with Gasteiger partial charge >= 0.3 is 11.3 Å². The molecule has 0 rings (SSSR count). The molecule has 0 aliphatic rings. The van der Waals surface area contributed by atoms with Crippen molar-refractivity contribution in [3.8, 4) is 0 Å². The summed E-state index contributed by atoms with van der Waals surface area (Å²) in [5.41, 5.74) is 0. The summed E-state index contributed by atoms with van der Waals surface area (Å²) in [5.74, 6) is 0. The van der Waals surface area contributed by atoms with Crippen LogP contribution in [0.4, 0.5) is 0 Å². The number of hydrogen-bond acceptors (Lipinski definition) is 2. The molecule has 4 heteroatoms. The average Bonchev–Trinajstić information content (AvgIpc) is 0.918. The summed E-state index contributed by atoms with van der Waals surface area (Å²) >= 11 is -0.167. The van der Waals surface area contributed by atoms with Gasteiger partial charge in [-0.3, -0.25) is 0 Å². The second-order valence-corrected chi connectivity index (χ2v) is 0.207. The first kappa shape index (κ1) is 8.87. The minimum atomic E-state index is -0.167. The van der Waals surface area contributed by atoms with Crippen molar-refractivity contribution in [1.29, 1.82) is 0 Å². The molecule has 0 fully saturated rings. The molecule has 1 N–H and O–H groups in total. The average molecular weight is 176 g/mol. The summed E-state index contributed by atoms with van der Waals surface area (Å²) in [6.45, 7) is 0. The molecule has 0 heterocycles. The van der Waals surface area contributed by atoms with E-state index in [0.29, 0.717) is 0 Å². The first-order valence-corrected chi connectivity index (χ1v) is 0.970. The Hall–Kier alpha value is 0.950. The van der Waals surface area contributed by atoms with E-state index in [2.05, 4.69) is 0 Å². The fraction of sp³-hybridized carbons (Fsp3) is 0. The van der Waals surface area contributed by atoms with Crippen LogP contribution in [-0.2, 0) is 22.4 Å². The summed E-state index contributed by atoms with van der Waals surface area (Å²) in [7, 11) is 0. The van der Waals surface area contributed by atoms with Gasteiger partial charge in [-0.15, -0.1) is 4.66 Å². The maximum atomic E-state index is 8.35. The van der Waals surface area contributed by atoms with Crippen LogP contribution in [0.5, 0.6) is 0 Å².